The van der Waals surface area contributed by atoms with Crippen LogP contribution in [0.15, 0.2) is 29.2 Å². The van der Waals surface area contributed by atoms with Crippen molar-refractivity contribution in [2.45, 2.75) is 50.3 Å². The Kier molecular flexibility index (Phi) is 6.86. The fourth-order valence-corrected chi connectivity index (χ4v) is 3.99. The van der Waals surface area contributed by atoms with Crippen molar-refractivity contribution in [1.82, 2.24) is 10.0 Å². The molecule has 2 rings (SSSR count). The lowest BCUT2D eigenvalue weighted by atomic mass is 9.89. The maximum atomic E-state index is 12.1. The summed E-state index contributed by atoms with van der Waals surface area (Å²) in [5, 5.41) is 3.45. The van der Waals surface area contributed by atoms with E-state index in [0.29, 0.717) is 11.4 Å². The van der Waals surface area contributed by atoms with Crippen LogP contribution >= 0.6 is 0 Å². The first-order chi connectivity index (χ1) is 10.6. The van der Waals surface area contributed by atoms with Gasteiger partial charge in [-0.25, -0.2) is 13.1 Å². The first-order valence-corrected chi connectivity index (χ1v) is 9.83. The third-order valence-corrected chi connectivity index (χ3v) is 5.79. The van der Waals surface area contributed by atoms with Gasteiger partial charge in [-0.3, -0.25) is 0 Å². The fourth-order valence-electron chi connectivity index (χ4n) is 2.92. The van der Waals surface area contributed by atoms with Gasteiger partial charge in [-0.15, -0.1) is 0 Å². The molecule has 5 heteroatoms. The van der Waals surface area contributed by atoms with E-state index in [1.165, 1.54) is 32.1 Å². The van der Waals surface area contributed by atoms with Crippen LogP contribution < -0.4 is 10.0 Å². The van der Waals surface area contributed by atoms with Gasteiger partial charge >= 0.3 is 0 Å². The second kappa shape index (κ2) is 8.65. The number of sulfonamides is 1. The van der Waals surface area contributed by atoms with E-state index in [0.717, 1.165) is 31.0 Å². The van der Waals surface area contributed by atoms with Crippen LogP contribution in [0, 0.1) is 12.8 Å². The molecule has 0 atom stereocenters. The predicted octanol–water partition coefficient (Wildman–Crippen LogP) is 2.83. The molecule has 1 aromatic carbocycles. The molecule has 0 unspecified atom stereocenters. The summed E-state index contributed by atoms with van der Waals surface area (Å²) >= 11 is 0. The molecule has 4 nitrogen and oxygen atoms in total. The minimum Gasteiger partial charge on any atom is -0.316 e. The van der Waals surface area contributed by atoms with Gasteiger partial charge in [0.05, 0.1) is 4.90 Å². The second-order valence-electron chi connectivity index (χ2n) is 6.27. The van der Waals surface area contributed by atoms with Crippen LogP contribution in [-0.2, 0) is 10.0 Å². The summed E-state index contributed by atoms with van der Waals surface area (Å²) in [5.74, 6) is 0.818. The van der Waals surface area contributed by atoms with Crippen molar-refractivity contribution in [2.24, 2.45) is 5.92 Å². The topological polar surface area (TPSA) is 58.2 Å². The number of nitrogens with one attached hydrogen (secondary N) is 2. The van der Waals surface area contributed by atoms with E-state index < -0.39 is 10.0 Å². The summed E-state index contributed by atoms with van der Waals surface area (Å²) in [6, 6.07) is 6.94. The van der Waals surface area contributed by atoms with E-state index in [2.05, 4.69) is 10.0 Å². The fraction of sp³-hybridized carbons (Fsp3) is 0.647. The molecule has 0 amide bonds. The zero-order valence-electron chi connectivity index (χ0n) is 13.5. The highest BCUT2D eigenvalue weighted by Crippen LogP contribution is 2.22. The number of aryl methyl sites for hydroxylation is 1. The summed E-state index contributed by atoms with van der Waals surface area (Å²) in [5.41, 5.74) is 1.06. The molecular formula is C17H28N2O2S. The van der Waals surface area contributed by atoms with Crippen molar-refractivity contribution in [3.05, 3.63) is 29.8 Å². The SMILES string of the molecule is Cc1ccc(S(=O)(=O)NCCCNCC2CCCCC2)cc1. The molecule has 1 aromatic rings. The normalized spacial score (nSPS) is 16.8. The van der Waals surface area contributed by atoms with Crippen LogP contribution in [0.5, 0.6) is 0 Å². The van der Waals surface area contributed by atoms with Gasteiger partial charge in [0.15, 0.2) is 0 Å². The van der Waals surface area contributed by atoms with Gasteiger partial charge in [-0.05, 0) is 57.3 Å². The molecule has 1 fully saturated rings. The first-order valence-electron chi connectivity index (χ1n) is 8.35. The quantitative estimate of drug-likeness (QED) is 0.723. The van der Waals surface area contributed by atoms with Crippen LogP contribution in [0.25, 0.3) is 0 Å². The Morgan fingerprint density at radius 3 is 2.41 bits per heavy atom. The molecule has 2 N–H and O–H groups in total. The Labute approximate surface area is 134 Å². The van der Waals surface area contributed by atoms with Crippen molar-refractivity contribution in [3.8, 4) is 0 Å². The number of benzene rings is 1. The van der Waals surface area contributed by atoms with E-state index in [-0.39, 0.29) is 0 Å². The van der Waals surface area contributed by atoms with Gasteiger partial charge in [0.2, 0.25) is 10.0 Å². The predicted molar refractivity (Wildman–Crippen MR) is 90.4 cm³/mol. The lowest BCUT2D eigenvalue weighted by Gasteiger charge is -2.21. The van der Waals surface area contributed by atoms with Gasteiger partial charge in [-0.1, -0.05) is 37.0 Å². The summed E-state index contributed by atoms with van der Waals surface area (Å²) in [4.78, 5) is 0.341. The standard InChI is InChI=1S/C17H28N2O2S/c1-15-8-10-17(11-9-15)22(20,21)19-13-5-12-18-14-16-6-3-2-4-7-16/h8-11,16,18-19H,2-7,12-14H2,1H3. The van der Waals surface area contributed by atoms with E-state index in [1.54, 1.807) is 12.1 Å². The third kappa shape index (κ3) is 5.71. The lowest BCUT2D eigenvalue weighted by Crippen LogP contribution is -2.29. The van der Waals surface area contributed by atoms with Gasteiger partial charge < -0.3 is 5.32 Å². The maximum absolute atomic E-state index is 12.1. The molecule has 0 heterocycles. The minimum absolute atomic E-state index is 0.341. The highest BCUT2D eigenvalue weighted by molar-refractivity contribution is 7.89. The van der Waals surface area contributed by atoms with Crippen molar-refractivity contribution in [1.29, 1.82) is 0 Å². The second-order valence-corrected chi connectivity index (χ2v) is 8.04. The first kappa shape index (κ1) is 17.4. The molecule has 0 radical (unpaired) electrons. The molecule has 1 saturated carbocycles. The molecule has 0 spiro atoms. The van der Waals surface area contributed by atoms with Crippen molar-refractivity contribution >= 4 is 10.0 Å². The Hall–Kier alpha value is -0.910. The largest absolute Gasteiger partial charge is 0.316 e. The van der Waals surface area contributed by atoms with E-state index in [9.17, 15) is 8.42 Å². The van der Waals surface area contributed by atoms with E-state index in [1.807, 2.05) is 19.1 Å². The average Bonchev–Trinajstić information content (AvgIpc) is 2.52. The number of hydrogen-bond donors (Lipinski definition) is 2. The van der Waals surface area contributed by atoms with Crippen LogP contribution in [0.3, 0.4) is 0 Å². The Morgan fingerprint density at radius 2 is 1.73 bits per heavy atom. The zero-order chi connectivity index (χ0) is 15.8. The molecule has 0 saturated heterocycles. The van der Waals surface area contributed by atoms with Crippen LogP contribution in [0.2, 0.25) is 0 Å². The van der Waals surface area contributed by atoms with E-state index >= 15 is 0 Å². The number of hydrogen-bond acceptors (Lipinski definition) is 3. The Morgan fingerprint density at radius 1 is 1.05 bits per heavy atom. The van der Waals surface area contributed by atoms with Gasteiger partial charge in [0.25, 0.3) is 0 Å². The van der Waals surface area contributed by atoms with Crippen molar-refractivity contribution in [3.63, 3.8) is 0 Å². The van der Waals surface area contributed by atoms with Crippen LogP contribution in [-0.4, -0.2) is 28.1 Å². The van der Waals surface area contributed by atoms with E-state index in [4.69, 9.17) is 0 Å². The molecule has 0 aliphatic heterocycles. The summed E-state index contributed by atoms with van der Waals surface area (Å²) in [7, 11) is -3.36. The van der Waals surface area contributed by atoms with Crippen LogP contribution in [0.4, 0.5) is 0 Å². The molecule has 124 valence electrons. The molecule has 1 aliphatic rings. The average molecular weight is 324 g/mol. The van der Waals surface area contributed by atoms with Gasteiger partial charge in [-0.2, -0.15) is 0 Å². The monoisotopic (exact) mass is 324 g/mol. The maximum Gasteiger partial charge on any atom is 0.240 e. The lowest BCUT2D eigenvalue weighted by molar-refractivity contribution is 0.342. The Balaban J connectivity index is 1.62. The molecule has 0 bridgehead atoms. The van der Waals surface area contributed by atoms with Crippen molar-refractivity contribution < 1.29 is 8.42 Å². The highest BCUT2D eigenvalue weighted by Gasteiger charge is 2.13. The van der Waals surface area contributed by atoms with Gasteiger partial charge in [0, 0.05) is 6.54 Å². The van der Waals surface area contributed by atoms with Crippen LogP contribution in [0.1, 0.15) is 44.1 Å². The number of rotatable bonds is 8. The highest BCUT2D eigenvalue weighted by atomic mass is 32.2. The summed E-state index contributed by atoms with van der Waals surface area (Å²) in [6.45, 7) is 4.37. The van der Waals surface area contributed by atoms with Crippen molar-refractivity contribution in [2.75, 3.05) is 19.6 Å². The summed E-state index contributed by atoms with van der Waals surface area (Å²) in [6.07, 6.45) is 7.61. The summed E-state index contributed by atoms with van der Waals surface area (Å²) < 4.78 is 26.8. The molecule has 0 aromatic heterocycles. The minimum atomic E-state index is -3.36. The Bertz CT molecular complexity index is 534. The molecule has 22 heavy (non-hydrogen) atoms. The smallest absolute Gasteiger partial charge is 0.240 e. The zero-order valence-corrected chi connectivity index (χ0v) is 14.3. The molecular weight excluding hydrogens is 296 g/mol. The molecule has 1 aliphatic carbocycles. The third-order valence-electron chi connectivity index (χ3n) is 4.31. The van der Waals surface area contributed by atoms with Gasteiger partial charge in [0.1, 0.15) is 0 Å².